The number of primary amides is 1. The molecule has 64 valence electrons. The molecular weight excluding hydrogens is 148 g/mol. The zero-order valence-electron chi connectivity index (χ0n) is 6.55. The predicted molar refractivity (Wildman–Crippen MR) is 39.4 cm³/mol. The van der Waals surface area contributed by atoms with Crippen molar-refractivity contribution in [1.82, 2.24) is 15.8 Å². The highest BCUT2D eigenvalue weighted by Gasteiger charge is 2.02. The molecule has 3 amide bonds. The van der Waals surface area contributed by atoms with Crippen molar-refractivity contribution < 1.29 is 9.59 Å². The van der Waals surface area contributed by atoms with Crippen LogP contribution in [0, 0.1) is 0 Å². The third-order valence-corrected chi connectivity index (χ3v) is 0.818. The summed E-state index contributed by atoms with van der Waals surface area (Å²) in [5, 5.41) is 3.51. The Morgan fingerprint density at radius 3 is 2.36 bits per heavy atom. The molecule has 11 heavy (non-hydrogen) atoms. The van der Waals surface area contributed by atoms with E-state index in [-0.39, 0.29) is 6.54 Å². The fraction of sp³-hybridized carbons (Fsp3) is 0.600. The second-order valence-electron chi connectivity index (χ2n) is 2.14. The number of imide groups is 1. The van der Waals surface area contributed by atoms with Crippen LogP contribution in [0.2, 0.25) is 0 Å². The highest BCUT2D eigenvalue weighted by atomic mass is 16.2. The van der Waals surface area contributed by atoms with E-state index >= 15 is 0 Å². The fourth-order valence-corrected chi connectivity index (χ4v) is 0.412. The quantitative estimate of drug-likeness (QED) is 0.427. The maximum atomic E-state index is 10.7. The van der Waals surface area contributed by atoms with Crippen LogP contribution in [0.5, 0.6) is 0 Å². The predicted octanol–water partition coefficient (Wildman–Crippen LogP) is -1.75. The van der Waals surface area contributed by atoms with E-state index in [4.69, 9.17) is 0 Å². The molecule has 0 heterocycles. The van der Waals surface area contributed by atoms with Gasteiger partial charge >= 0.3 is 6.03 Å². The molecule has 6 heteroatoms. The molecule has 0 aromatic heterocycles. The van der Waals surface area contributed by atoms with Crippen molar-refractivity contribution in [3.05, 3.63) is 0 Å². The summed E-state index contributed by atoms with van der Waals surface area (Å²) in [7, 11) is 3.47. The summed E-state index contributed by atoms with van der Waals surface area (Å²) in [4.78, 5) is 20.8. The first kappa shape index (κ1) is 9.86. The number of urea groups is 1. The maximum absolute atomic E-state index is 10.7. The van der Waals surface area contributed by atoms with Crippen LogP contribution in [0.3, 0.4) is 0 Å². The Hall–Kier alpha value is -1.14. The Morgan fingerprint density at radius 2 is 2.00 bits per heavy atom. The highest BCUT2D eigenvalue weighted by Crippen LogP contribution is 1.65. The third kappa shape index (κ3) is 6.75. The lowest BCUT2D eigenvalue weighted by Gasteiger charge is -2.10. The van der Waals surface area contributed by atoms with Gasteiger partial charge in [-0.3, -0.25) is 15.1 Å². The number of hydrogen-bond acceptors (Lipinski definition) is 4. The van der Waals surface area contributed by atoms with Gasteiger partial charge in [0, 0.05) is 14.1 Å². The van der Waals surface area contributed by atoms with Gasteiger partial charge in [-0.25, -0.2) is 10.2 Å². The monoisotopic (exact) mass is 160 g/mol. The SMILES string of the molecule is CN(C)NCC(=O)NC(N)=O. The summed E-state index contributed by atoms with van der Waals surface area (Å²) in [6.07, 6.45) is 0. The zero-order chi connectivity index (χ0) is 8.85. The van der Waals surface area contributed by atoms with Crippen LogP contribution < -0.4 is 16.5 Å². The van der Waals surface area contributed by atoms with E-state index in [1.165, 1.54) is 0 Å². The van der Waals surface area contributed by atoms with Crippen LogP contribution in [0.4, 0.5) is 4.79 Å². The van der Waals surface area contributed by atoms with E-state index in [9.17, 15) is 9.59 Å². The van der Waals surface area contributed by atoms with E-state index in [0.29, 0.717) is 0 Å². The number of carbonyl (C=O) groups excluding carboxylic acids is 2. The topological polar surface area (TPSA) is 87.5 Å². The standard InChI is InChI=1S/C5H12N4O2/c1-9(2)7-3-4(10)8-5(6)11/h7H,3H2,1-2H3,(H3,6,8,10,11). The molecular formula is C5H12N4O2. The summed E-state index contributed by atoms with van der Waals surface area (Å²) in [6.45, 7) is 0.0376. The number of nitrogens with zero attached hydrogens (tertiary/aromatic N) is 1. The van der Waals surface area contributed by atoms with Crippen molar-refractivity contribution in [2.24, 2.45) is 5.73 Å². The van der Waals surface area contributed by atoms with Gasteiger partial charge in [0.2, 0.25) is 5.91 Å². The van der Waals surface area contributed by atoms with Crippen molar-refractivity contribution in [3.8, 4) is 0 Å². The van der Waals surface area contributed by atoms with Crippen LogP contribution in [-0.2, 0) is 4.79 Å². The fourth-order valence-electron chi connectivity index (χ4n) is 0.412. The molecule has 0 fully saturated rings. The van der Waals surface area contributed by atoms with E-state index in [2.05, 4.69) is 11.2 Å². The van der Waals surface area contributed by atoms with E-state index in [1.807, 2.05) is 5.32 Å². The van der Waals surface area contributed by atoms with Crippen LogP contribution >= 0.6 is 0 Å². The maximum Gasteiger partial charge on any atom is 0.318 e. The first-order valence-electron chi connectivity index (χ1n) is 3.02. The Bertz CT molecular complexity index is 157. The molecule has 0 aliphatic rings. The van der Waals surface area contributed by atoms with Crippen molar-refractivity contribution in [2.45, 2.75) is 0 Å². The molecule has 0 unspecified atom stereocenters. The van der Waals surface area contributed by atoms with Gasteiger partial charge in [0.1, 0.15) is 0 Å². The molecule has 0 radical (unpaired) electrons. The van der Waals surface area contributed by atoms with E-state index in [1.54, 1.807) is 19.1 Å². The molecule has 0 rings (SSSR count). The molecule has 0 aliphatic carbocycles. The first-order valence-corrected chi connectivity index (χ1v) is 3.02. The second kappa shape index (κ2) is 4.64. The minimum absolute atomic E-state index is 0.0376. The average molecular weight is 160 g/mol. The summed E-state index contributed by atoms with van der Waals surface area (Å²) < 4.78 is 0. The van der Waals surface area contributed by atoms with Crippen LogP contribution in [0.15, 0.2) is 0 Å². The second-order valence-corrected chi connectivity index (χ2v) is 2.14. The normalized spacial score (nSPS) is 9.73. The number of rotatable bonds is 3. The van der Waals surface area contributed by atoms with Gasteiger partial charge in [0.15, 0.2) is 0 Å². The summed E-state index contributed by atoms with van der Waals surface area (Å²) in [5.41, 5.74) is 7.35. The lowest BCUT2D eigenvalue weighted by atomic mass is 10.6. The minimum Gasteiger partial charge on any atom is -0.351 e. The van der Waals surface area contributed by atoms with Gasteiger partial charge in [-0.05, 0) is 0 Å². The largest absolute Gasteiger partial charge is 0.351 e. The Labute approximate surface area is 64.7 Å². The first-order chi connectivity index (χ1) is 5.02. The number of amides is 3. The molecule has 0 atom stereocenters. The van der Waals surface area contributed by atoms with Crippen molar-refractivity contribution >= 4 is 11.9 Å². The minimum atomic E-state index is -0.837. The summed E-state index contributed by atoms with van der Waals surface area (Å²) in [5.74, 6) is -0.453. The number of nitrogens with two attached hydrogens (primary N) is 1. The lowest BCUT2D eigenvalue weighted by molar-refractivity contribution is -0.119. The zero-order valence-corrected chi connectivity index (χ0v) is 6.55. The number of nitrogens with one attached hydrogen (secondary N) is 2. The lowest BCUT2D eigenvalue weighted by Crippen LogP contribution is -2.44. The molecule has 0 aromatic rings. The van der Waals surface area contributed by atoms with Gasteiger partial charge in [0.05, 0.1) is 6.54 Å². The third-order valence-electron chi connectivity index (χ3n) is 0.818. The van der Waals surface area contributed by atoms with Crippen molar-refractivity contribution in [1.29, 1.82) is 0 Å². The molecule has 0 saturated carbocycles. The number of hydrazine groups is 1. The molecule has 0 aliphatic heterocycles. The van der Waals surface area contributed by atoms with Crippen LogP contribution in [0.25, 0.3) is 0 Å². The van der Waals surface area contributed by atoms with Gasteiger partial charge < -0.3 is 5.73 Å². The molecule has 0 saturated heterocycles. The molecule has 0 bridgehead atoms. The van der Waals surface area contributed by atoms with Crippen molar-refractivity contribution in [3.63, 3.8) is 0 Å². The van der Waals surface area contributed by atoms with E-state index in [0.717, 1.165) is 0 Å². The van der Waals surface area contributed by atoms with Crippen molar-refractivity contribution in [2.75, 3.05) is 20.6 Å². The summed E-state index contributed by atoms with van der Waals surface area (Å²) >= 11 is 0. The van der Waals surface area contributed by atoms with Crippen LogP contribution in [-0.4, -0.2) is 37.6 Å². The summed E-state index contributed by atoms with van der Waals surface area (Å²) in [6, 6.07) is -0.837. The van der Waals surface area contributed by atoms with Gasteiger partial charge in [-0.1, -0.05) is 0 Å². The molecule has 0 aromatic carbocycles. The van der Waals surface area contributed by atoms with Gasteiger partial charge in [-0.2, -0.15) is 0 Å². The molecule has 4 N–H and O–H groups in total. The number of carbonyl (C=O) groups is 2. The molecule has 0 spiro atoms. The van der Waals surface area contributed by atoms with E-state index < -0.39 is 11.9 Å². The Balaban J connectivity index is 3.46. The number of hydrogen-bond donors (Lipinski definition) is 3. The highest BCUT2D eigenvalue weighted by molar-refractivity contribution is 5.94. The van der Waals surface area contributed by atoms with Gasteiger partial charge in [-0.15, -0.1) is 0 Å². The smallest absolute Gasteiger partial charge is 0.318 e. The molecule has 6 nitrogen and oxygen atoms in total. The van der Waals surface area contributed by atoms with Crippen LogP contribution in [0.1, 0.15) is 0 Å². The average Bonchev–Trinajstić information content (AvgIpc) is 1.82. The Morgan fingerprint density at radius 1 is 1.45 bits per heavy atom. The Kier molecular flexibility index (Phi) is 4.16. The van der Waals surface area contributed by atoms with Gasteiger partial charge in [0.25, 0.3) is 0 Å².